The third kappa shape index (κ3) is 2.59. The second-order valence-electron chi connectivity index (χ2n) is 7.77. The van der Waals surface area contributed by atoms with Crippen LogP contribution in [0, 0.1) is 11.3 Å². The van der Waals surface area contributed by atoms with E-state index >= 15 is 0 Å². The summed E-state index contributed by atoms with van der Waals surface area (Å²) in [5.74, 6) is 1.34. The zero-order chi connectivity index (χ0) is 16.9. The Bertz CT molecular complexity index is 947. The lowest BCUT2D eigenvalue weighted by atomic mass is 9.72. The summed E-state index contributed by atoms with van der Waals surface area (Å²) in [6, 6.07) is 9.86. The van der Waals surface area contributed by atoms with Crippen LogP contribution in [0.4, 0.5) is 0 Å². The molecule has 1 aliphatic carbocycles. The Hall–Kier alpha value is -1.94. The maximum atomic E-state index is 12.7. The number of aromatic amines is 1. The molecule has 0 amide bonds. The molecule has 2 aromatic heterocycles. The van der Waals surface area contributed by atoms with Crippen molar-refractivity contribution in [1.29, 1.82) is 0 Å². The molecule has 1 atom stereocenters. The molecule has 1 aliphatic rings. The average Bonchev–Trinajstić information content (AvgIpc) is 2.92. The second-order valence-corrected chi connectivity index (χ2v) is 8.85. The molecule has 0 fully saturated rings. The highest BCUT2D eigenvalue weighted by Crippen LogP contribution is 2.42. The standard InChI is InChI=1S/C20H22N2OS/c1-20(2,3)13-9-10-14-15(11-13)24-19-16(14)18(23)21-17(22-19)12-7-5-4-6-8-12/h4-8,13H,9-11H2,1-3H3,(H,21,22,23). The van der Waals surface area contributed by atoms with Crippen molar-refractivity contribution in [2.24, 2.45) is 11.3 Å². The number of H-pyrrole nitrogens is 1. The van der Waals surface area contributed by atoms with E-state index in [0.29, 0.717) is 17.2 Å². The molecule has 4 rings (SSSR count). The van der Waals surface area contributed by atoms with E-state index < -0.39 is 0 Å². The van der Waals surface area contributed by atoms with Crippen LogP contribution in [0.3, 0.4) is 0 Å². The van der Waals surface area contributed by atoms with Gasteiger partial charge in [-0.25, -0.2) is 4.98 Å². The van der Waals surface area contributed by atoms with Gasteiger partial charge in [-0.1, -0.05) is 51.1 Å². The Morgan fingerprint density at radius 2 is 1.96 bits per heavy atom. The molecule has 1 aromatic carbocycles. The smallest absolute Gasteiger partial charge is 0.260 e. The molecule has 124 valence electrons. The minimum absolute atomic E-state index is 0.00515. The number of hydrogen-bond acceptors (Lipinski definition) is 3. The summed E-state index contributed by atoms with van der Waals surface area (Å²) in [5, 5.41) is 0.821. The Labute approximate surface area is 145 Å². The van der Waals surface area contributed by atoms with Crippen LogP contribution in [0.2, 0.25) is 0 Å². The Balaban J connectivity index is 1.83. The molecule has 0 radical (unpaired) electrons. The predicted molar refractivity (Wildman–Crippen MR) is 101 cm³/mol. The largest absolute Gasteiger partial charge is 0.306 e. The van der Waals surface area contributed by atoms with Crippen LogP contribution in [-0.4, -0.2) is 9.97 Å². The number of nitrogens with one attached hydrogen (secondary N) is 1. The fraction of sp³-hybridized carbons (Fsp3) is 0.400. The summed E-state index contributed by atoms with van der Waals surface area (Å²) < 4.78 is 0. The highest BCUT2D eigenvalue weighted by molar-refractivity contribution is 7.18. The lowest BCUT2D eigenvalue weighted by Gasteiger charge is -2.33. The van der Waals surface area contributed by atoms with Gasteiger partial charge < -0.3 is 4.98 Å². The van der Waals surface area contributed by atoms with Crippen molar-refractivity contribution >= 4 is 21.6 Å². The molecule has 4 heteroatoms. The second kappa shape index (κ2) is 5.55. The minimum Gasteiger partial charge on any atom is -0.306 e. The number of nitrogens with zero attached hydrogens (tertiary/aromatic N) is 1. The number of rotatable bonds is 1. The normalized spacial score (nSPS) is 17.9. The van der Waals surface area contributed by atoms with Gasteiger partial charge in [-0.3, -0.25) is 4.79 Å². The molecule has 0 aliphatic heterocycles. The van der Waals surface area contributed by atoms with Crippen LogP contribution in [0.15, 0.2) is 35.1 Å². The van der Waals surface area contributed by atoms with E-state index in [9.17, 15) is 4.79 Å². The van der Waals surface area contributed by atoms with E-state index in [2.05, 4.69) is 25.8 Å². The van der Waals surface area contributed by atoms with Crippen molar-refractivity contribution < 1.29 is 0 Å². The van der Waals surface area contributed by atoms with E-state index in [-0.39, 0.29) is 5.56 Å². The van der Waals surface area contributed by atoms with Crippen LogP contribution in [0.25, 0.3) is 21.6 Å². The van der Waals surface area contributed by atoms with Crippen LogP contribution in [0.5, 0.6) is 0 Å². The van der Waals surface area contributed by atoms with Crippen molar-refractivity contribution in [3.63, 3.8) is 0 Å². The summed E-state index contributed by atoms with van der Waals surface area (Å²) in [6.45, 7) is 6.94. The van der Waals surface area contributed by atoms with Crippen LogP contribution >= 0.6 is 11.3 Å². The third-order valence-electron chi connectivity index (χ3n) is 5.19. The third-order valence-corrected chi connectivity index (χ3v) is 6.34. The molecule has 2 heterocycles. The lowest BCUT2D eigenvalue weighted by molar-refractivity contribution is 0.218. The molecular weight excluding hydrogens is 316 g/mol. The maximum absolute atomic E-state index is 12.7. The summed E-state index contributed by atoms with van der Waals surface area (Å²) in [4.78, 5) is 22.7. The van der Waals surface area contributed by atoms with Gasteiger partial charge in [-0.2, -0.15) is 0 Å². The van der Waals surface area contributed by atoms with Gasteiger partial charge in [-0.05, 0) is 36.2 Å². The molecule has 0 saturated carbocycles. The molecular formula is C20H22N2OS. The van der Waals surface area contributed by atoms with Gasteiger partial charge in [0.1, 0.15) is 10.7 Å². The highest BCUT2D eigenvalue weighted by Gasteiger charge is 2.31. The number of thiophene rings is 1. The van der Waals surface area contributed by atoms with E-state index in [1.165, 1.54) is 10.4 Å². The van der Waals surface area contributed by atoms with Crippen LogP contribution in [0.1, 0.15) is 37.6 Å². The topological polar surface area (TPSA) is 45.8 Å². The number of aromatic nitrogens is 2. The van der Waals surface area contributed by atoms with E-state index in [4.69, 9.17) is 4.98 Å². The van der Waals surface area contributed by atoms with Crippen LogP contribution < -0.4 is 5.56 Å². The quantitative estimate of drug-likeness (QED) is 0.692. The predicted octanol–water partition coefficient (Wildman–Crippen LogP) is 4.80. The zero-order valence-electron chi connectivity index (χ0n) is 14.3. The first-order chi connectivity index (χ1) is 11.4. The van der Waals surface area contributed by atoms with Gasteiger partial charge in [0.15, 0.2) is 0 Å². The number of aryl methyl sites for hydroxylation is 1. The molecule has 1 unspecified atom stereocenters. The first kappa shape index (κ1) is 15.6. The molecule has 0 spiro atoms. The van der Waals surface area contributed by atoms with Gasteiger partial charge in [0.25, 0.3) is 5.56 Å². The summed E-state index contributed by atoms with van der Waals surface area (Å²) >= 11 is 1.71. The number of benzene rings is 1. The monoisotopic (exact) mass is 338 g/mol. The van der Waals surface area contributed by atoms with Crippen molar-refractivity contribution in [3.05, 3.63) is 51.1 Å². The molecule has 3 aromatic rings. The van der Waals surface area contributed by atoms with Crippen molar-refractivity contribution in [1.82, 2.24) is 9.97 Å². The molecule has 0 bridgehead atoms. The molecule has 1 N–H and O–H groups in total. The fourth-order valence-electron chi connectivity index (χ4n) is 3.66. The molecule has 3 nitrogen and oxygen atoms in total. The summed E-state index contributed by atoms with van der Waals surface area (Å²) in [7, 11) is 0. The highest BCUT2D eigenvalue weighted by atomic mass is 32.1. The van der Waals surface area contributed by atoms with Crippen molar-refractivity contribution in [3.8, 4) is 11.4 Å². The van der Waals surface area contributed by atoms with E-state index in [1.807, 2.05) is 30.3 Å². The SMILES string of the molecule is CC(C)(C)C1CCc2c(sc3nc(-c4ccccc4)[nH]c(=O)c23)C1. The maximum Gasteiger partial charge on any atom is 0.260 e. The summed E-state index contributed by atoms with van der Waals surface area (Å²) in [6.07, 6.45) is 3.22. The van der Waals surface area contributed by atoms with Crippen molar-refractivity contribution in [2.45, 2.75) is 40.0 Å². The zero-order valence-corrected chi connectivity index (χ0v) is 15.2. The van der Waals surface area contributed by atoms with Crippen LogP contribution in [-0.2, 0) is 12.8 Å². The molecule has 24 heavy (non-hydrogen) atoms. The molecule has 0 saturated heterocycles. The average molecular weight is 338 g/mol. The van der Waals surface area contributed by atoms with E-state index in [0.717, 1.165) is 35.0 Å². The Morgan fingerprint density at radius 3 is 2.67 bits per heavy atom. The number of fused-ring (bicyclic) bond motifs is 3. The Morgan fingerprint density at radius 1 is 1.21 bits per heavy atom. The van der Waals surface area contributed by atoms with Crippen molar-refractivity contribution in [2.75, 3.05) is 0 Å². The first-order valence-corrected chi connectivity index (χ1v) is 9.35. The Kier molecular flexibility index (Phi) is 3.61. The fourth-order valence-corrected chi connectivity index (χ4v) is 4.96. The number of hydrogen-bond donors (Lipinski definition) is 1. The van der Waals surface area contributed by atoms with Gasteiger partial charge in [0.05, 0.1) is 5.39 Å². The van der Waals surface area contributed by atoms with Gasteiger partial charge in [0, 0.05) is 10.4 Å². The van der Waals surface area contributed by atoms with Gasteiger partial charge in [-0.15, -0.1) is 11.3 Å². The van der Waals surface area contributed by atoms with E-state index in [1.54, 1.807) is 11.3 Å². The first-order valence-electron chi connectivity index (χ1n) is 8.53. The minimum atomic E-state index is 0.00515. The van der Waals surface area contributed by atoms with Gasteiger partial charge in [0.2, 0.25) is 0 Å². The van der Waals surface area contributed by atoms with Gasteiger partial charge >= 0.3 is 0 Å². The summed E-state index contributed by atoms with van der Waals surface area (Å²) in [5.41, 5.74) is 2.51. The lowest BCUT2D eigenvalue weighted by Crippen LogP contribution is -2.26.